The molecule has 3 fully saturated rings. The number of nitrogens with zero attached hydrogens (tertiary/aromatic N) is 1. The second-order valence-electron chi connectivity index (χ2n) is 4.90. The summed E-state index contributed by atoms with van der Waals surface area (Å²) in [6, 6.07) is 0. The second-order valence-corrected chi connectivity index (χ2v) is 6.18. The molecule has 3 saturated heterocycles. The molecular formula is C11H21NS. The topological polar surface area (TPSA) is 3.24 Å². The molecule has 0 aromatic rings. The first-order valence-corrected chi connectivity index (χ1v) is 6.64. The molecule has 0 radical (unpaired) electrons. The van der Waals surface area contributed by atoms with Crippen molar-refractivity contribution in [1.82, 2.24) is 4.90 Å². The van der Waals surface area contributed by atoms with E-state index in [0.29, 0.717) is 0 Å². The summed E-state index contributed by atoms with van der Waals surface area (Å²) < 4.78 is 0. The summed E-state index contributed by atoms with van der Waals surface area (Å²) in [5.74, 6) is 3.27. The average Bonchev–Trinajstić information content (AvgIpc) is 2.17. The Morgan fingerprint density at radius 2 is 2.00 bits per heavy atom. The lowest BCUT2D eigenvalue weighted by Gasteiger charge is -2.44. The molecule has 0 saturated carbocycles. The molecule has 3 heterocycles. The molecular weight excluding hydrogens is 178 g/mol. The van der Waals surface area contributed by atoms with Crippen LogP contribution in [-0.2, 0) is 0 Å². The summed E-state index contributed by atoms with van der Waals surface area (Å²) in [5, 5.41) is 0.963. The predicted molar refractivity (Wildman–Crippen MR) is 60.2 cm³/mol. The van der Waals surface area contributed by atoms with Crippen LogP contribution in [0.4, 0.5) is 0 Å². The van der Waals surface area contributed by atoms with E-state index in [0.717, 1.165) is 17.1 Å². The molecule has 3 aliphatic heterocycles. The number of rotatable bonds is 3. The van der Waals surface area contributed by atoms with Crippen LogP contribution in [0.25, 0.3) is 0 Å². The molecule has 0 N–H and O–H groups in total. The fraction of sp³-hybridized carbons (Fsp3) is 1.00. The highest BCUT2D eigenvalue weighted by atomic mass is 32.2. The Labute approximate surface area is 86.3 Å². The number of hydrogen-bond acceptors (Lipinski definition) is 2. The van der Waals surface area contributed by atoms with Crippen molar-refractivity contribution in [2.75, 3.05) is 25.4 Å². The van der Waals surface area contributed by atoms with E-state index in [1.807, 2.05) is 0 Å². The Morgan fingerprint density at radius 1 is 1.31 bits per heavy atom. The van der Waals surface area contributed by atoms with Crippen molar-refractivity contribution >= 4 is 11.8 Å². The highest BCUT2D eigenvalue weighted by Crippen LogP contribution is 2.35. The minimum atomic E-state index is 0.862. The maximum Gasteiger partial charge on any atom is 0.0204 e. The first kappa shape index (κ1) is 9.85. The van der Waals surface area contributed by atoms with Crippen molar-refractivity contribution in [2.45, 2.75) is 31.9 Å². The molecule has 2 bridgehead atoms. The van der Waals surface area contributed by atoms with Crippen LogP contribution in [0.3, 0.4) is 0 Å². The molecule has 76 valence electrons. The Morgan fingerprint density at radius 3 is 2.46 bits per heavy atom. The van der Waals surface area contributed by atoms with Crippen LogP contribution in [0, 0.1) is 11.8 Å². The molecule has 3 rings (SSSR count). The van der Waals surface area contributed by atoms with Gasteiger partial charge in [-0.1, -0.05) is 13.8 Å². The molecule has 0 aromatic heterocycles. The zero-order valence-electron chi connectivity index (χ0n) is 8.83. The summed E-state index contributed by atoms with van der Waals surface area (Å²) >= 11 is 2.23. The average molecular weight is 199 g/mol. The Balaban J connectivity index is 1.80. The summed E-state index contributed by atoms with van der Waals surface area (Å²) in [7, 11) is 0. The lowest BCUT2D eigenvalue weighted by atomic mass is 9.88. The SMILES string of the molecule is CC(C)CSC1CN2CCC1CC2. The normalized spacial score (nSPS) is 38.5. The zero-order chi connectivity index (χ0) is 9.26. The van der Waals surface area contributed by atoms with Crippen LogP contribution in [0.1, 0.15) is 26.7 Å². The first-order chi connectivity index (χ1) is 6.25. The van der Waals surface area contributed by atoms with Gasteiger partial charge in [0.15, 0.2) is 0 Å². The third kappa shape index (κ3) is 2.41. The Bertz CT molecular complexity index is 161. The summed E-state index contributed by atoms with van der Waals surface area (Å²) in [6.07, 6.45) is 2.94. The number of piperidine rings is 3. The van der Waals surface area contributed by atoms with Crippen LogP contribution >= 0.6 is 11.8 Å². The van der Waals surface area contributed by atoms with Crippen molar-refractivity contribution in [3.63, 3.8) is 0 Å². The molecule has 2 heteroatoms. The quantitative estimate of drug-likeness (QED) is 0.687. The fourth-order valence-corrected chi connectivity index (χ4v) is 3.91. The zero-order valence-corrected chi connectivity index (χ0v) is 9.65. The molecule has 1 nitrogen and oxygen atoms in total. The van der Waals surface area contributed by atoms with E-state index in [1.165, 1.54) is 38.2 Å². The van der Waals surface area contributed by atoms with Gasteiger partial charge < -0.3 is 4.90 Å². The Hall–Kier alpha value is 0.310. The van der Waals surface area contributed by atoms with Gasteiger partial charge in [-0.25, -0.2) is 0 Å². The predicted octanol–water partition coefficient (Wildman–Crippen LogP) is 2.47. The molecule has 13 heavy (non-hydrogen) atoms. The maximum atomic E-state index is 2.65. The van der Waals surface area contributed by atoms with Gasteiger partial charge in [0.05, 0.1) is 0 Å². The van der Waals surface area contributed by atoms with Crippen molar-refractivity contribution in [1.29, 1.82) is 0 Å². The van der Waals surface area contributed by atoms with Crippen LogP contribution in [0.15, 0.2) is 0 Å². The van der Waals surface area contributed by atoms with Crippen LogP contribution in [-0.4, -0.2) is 35.5 Å². The van der Waals surface area contributed by atoms with E-state index in [4.69, 9.17) is 0 Å². The molecule has 0 aliphatic carbocycles. The van der Waals surface area contributed by atoms with Gasteiger partial charge in [-0.05, 0) is 43.5 Å². The molecule has 1 unspecified atom stereocenters. The summed E-state index contributed by atoms with van der Waals surface area (Å²) in [6.45, 7) is 8.79. The van der Waals surface area contributed by atoms with Gasteiger partial charge >= 0.3 is 0 Å². The van der Waals surface area contributed by atoms with Crippen molar-refractivity contribution in [3.05, 3.63) is 0 Å². The molecule has 0 spiro atoms. The van der Waals surface area contributed by atoms with Crippen molar-refractivity contribution in [2.24, 2.45) is 11.8 Å². The van der Waals surface area contributed by atoms with Crippen LogP contribution in [0.5, 0.6) is 0 Å². The maximum absolute atomic E-state index is 2.65. The largest absolute Gasteiger partial charge is 0.302 e. The lowest BCUT2D eigenvalue weighted by Crippen LogP contribution is -2.49. The smallest absolute Gasteiger partial charge is 0.0204 e. The standard InChI is InChI=1S/C11H21NS/c1-9(2)8-13-11-7-12-5-3-10(11)4-6-12/h9-11H,3-8H2,1-2H3. The number of thioether (sulfide) groups is 1. The van der Waals surface area contributed by atoms with E-state index in [1.54, 1.807) is 0 Å². The highest BCUT2D eigenvalue weighted by molar-refractivity contribution is 7.99. The van der Waals surface area contributed by atoms with Gasteiger partial charge in [-0.2, -0.15) is 11.8 Å². The van der Waals surface area contributed by atoms with Crippen LogP contribution in [0.2, 0.25) is 0 Å². The van der Waals surface area contributed by atoms with Gasteiger partial charge in [-0.15, -0.1) is 0 Å². The van der Waals surface area contributed by atoms with Gasteiger partial charge in [0.25, 0.3) is 0 Å². The minimum absolute atomic E-state index is 0.862. The van der Waals surface area contributed by atoms with Crippen molar-refractivity contribution < 1.29 is 0 Å². The lowest BCUT2D eigenvalue weighted by molar-refractivity contribution is 0.118. The molecule has 0 aromatic carbocycles. The van der Waals surface area contributed by atoms with Gasteiger partial charge in [0, 0.05) is 11.8 Å². The van der Waals surface area contributed by atoms with E-state index >= 15 is 0 Å². The van der Waals surface area contributed by atoms with E-state index in [-0.39, 0.29) is 0 Å². The monoisotopic (exact) mass is 199 g/mol. The first-order valence-electron chi connectivity index (χ1n) is 5.59. The van der Waals surface area contributed by atoms with E-state index in [2.05, 4.69) is 30.5 Å². The number of hydrogen-bond donors (Lipinski definition) is 0. The van der Waals surface area contributed by atoms with Gasteiger partial charge in [-0.3, -0.25) is 0 Å². The third-order valence-corrected chi connectivity index (χ3v) is 5.06. The Kier molecular flexibility index (Phi) is 3.20. The second kappa shape index (κ2) is 4.22. The summed E-state index contributed by atoms with van der Waals surface area (Å²) in [4.78, 5) is 2.65. The molecule has 1 atom stereocenters. The highest BCUT2D eigenvalue weighted by Gasteiger charge is 2.33. The van der Waals surface area contributed by atoms with E-state index in [9.17, 15) is 0 Å². The molecule has 0 amide bonds. The van der Waals surface area contributed by atoms with E-state index < -0.39 is 0 Å². The van der Waals surface area contributed by atoms with Gasteiger partial charge in [0.1, 0.15) is 0 Å². The minimum Gasteiger partial charge on any atom is -0.302 e. The summed E-state index contributed by atoms with van der Waals surface area (Å²) in [5.41, 5.74) is 0. The third-order valence-electron chi connectivity index (χ3n) is 3.24. The van der Waals surface area contributed by atoms with Crippen molar-refractivity contribution in [3.8, 4) is 0 Å². The van der Waals surface area contributed by atoms with Crippen LogP contribution < -0.4 is 0 Å². The number of fused-ring (bicyclic) bond motifs is 3. The van der Waals surface area contributed by atoms with Gasteiger partial charge in [0.2, 0.25) is 0 Å². The fourth-order valence-electron chi connectivity index (χ4n) is 2.42. The molecule has 3 aliphatic rings.